The molecule has 1 aliphatic rings. The van der Waals surface area contributed by atoms with Crippen LogP contribution in [0.25, 0.3) is 22.2 Å². The van der Waals surface area contributed by atoms with Gasteiger partial charge in [-0.05, 0) is 61.7 Å². The molecule has 0 spiro atoms. The number of pyridine rings is 1. The number of ether oxygens (including phenoxy) is 2. The van der Waals surface area contributed by atoms with Crippen molar-refractivity contribution in [1.29, 1.82) is 0 Å². The summed E-state index contributed by atoms with van der Waals surface area (Å²) < 4.78 is 11.1. The summed E-state index contributed by atoms with van der Waals surface area (Å²) in [6, 6.07) is 14.3. The molecule has 1 N–H and O–H groups in total. The highest BCUT2D eigenvalue weighted by Gasteiger charge is 2.21. The quantitative estimate of drug-likeness (QED) is 0.706. The van der Waals surface area contributed by atoms with Crippen molar-refractivity contribution in [3.63, 3.8) is 0 Å². The number of aliphatic hydroxyl groups excluding tert-OH is 1. The van der Waals surface area contributed by atoms with Crippen molar-refractivity contribution in [2.45, 2.75) is 32.4 Å². The highest BCUT2D eigenvalue weighted by Crippen LogP contribution is 2.36. The fourth-order valence-corrected chi connectivity index (χ4v) is 4.16. The van der Waals surface area contributed by atoms with Crippen molar-refractivity contribution in [3.8, 4) is 22.8 Å². The fraction of sp³-hybridized carbons (Fsp3) is 0.375. The molecule has 0 saturated carbocycles. The second-order valence-electron chi connectivity index (χ2n) is 7.74. The average molecular weight is 392 g/mol. The first kappa shape index (κ1) is 19.7. The average Bonchev–Trinajstić information content (AvgIpc) is 2.73. The predicted molar refractivity (Wildman–Crippen MR) is 116 cm³/mol. The molecular formula is C24H28N2O3. The number of aryl methyl sites for hydroxylation is 1. The lowest BCUT2D eigenvalue weighted by atomic mass is 9.99. The topological polar surface area (TPSA) is 54.8 Å². The monoisotopic (exact) mass is 392 g/mol. The maximum Gasteiger partial charge on any atom is 0.128 e. The van der Waals surface area contributed by atoms with Gasteiger partial charge in [-0.3, -0.25) is 4.90 Å². The maximum atomic E-state index is 10.1. The highest BCUT2D eigenvalue weighted by atomic mass is 16.5. The number of β-amino-alcohol motifs (C(OH)–C–C–N with tert-alkyl or cyclic N) is 1. The number of fused-ring (bicyclic) bond motifs is 1. The van der Waals surface area contributed by atoms with Crippen molar-refractivity contribution in [3.05, 3.63) is 53.6 Å². The number of para-hydroxylation sites is 1. The fourth-order valence-electron chi connectivity index (χ4n) is 4.16. The van der Waals surface area contributed by atoms with Crippen LogP contribution in [0.1, 0.15) is 24.0 Å². The molecular weight excluding hydrogens is 364 g/mol. The summed E-state index contributed by atoms with van der Waals surface area (Å²) in [4.78, 5) is 7.40. The van der Waals surface area contributed by atoms with Gasteiger partial charge in [-0.1, -0.05) is 18.2 Å². The number of aliphatic hydroxyl groups is 1. The van der Waals surface area contributed by atoms with Gasteiger partial charge in [-0.15, -0.1) is 0 Å². The number of rotatable bonds is 5. The van der Waals surface area contributed by atoms with Gasteiger partial charge in [0.25, 0.3) is 0 Å². The molecule has 0 aliphatic carbocycles. The van der Waals surface area contributed by atoms with E-state index in [0.717, 1.165) is 70.7 Å². The van der Waals surface area contributed by atoms with Crippen molar-refractivity contribution in [1.82, 2.24) is 9.88 Å². The summed E-state index contributed by atoms with van der Waals surface area (Å²) in [5.41, 5.74) is 5.09. The number of piperidine rings is 1. The molecule has 1 saturated heterocycles. The molecule has 1 fully saturated rings. The van der Waals surface area contributed by atoms with Gasteiger partial charge in [0.15, 0.2) is 0 Å². The summed E-state index contributed by atoms with van der Waals surface area (Å²) in [6.07, 6.45) is 1.63. The Morgan fingerprint density at radius 3 is 2.76 bits per heavy atom. The summed E-state index contributed by atoms with van der Waals surface area (Å²) in [5.74, 6) is 1.54. The smallest absolute Gasteiger partial charge is 0.128 e. The van der Waals surface area contributed by atoms with E-state index < -0.39 is 0 Å². The molecule has 0 bridgehead atoms. The van der Waals surface area contributed by atoms with Crippen LogP contribution in [0.15, 0.2) is 42.5 Å². The Hall–Kier alpha value is -2.63. The molecule has 29 heavy (non-hydrogen) atoms. The summed E-state index contributed by atoms with van der Waals surface area (Å²) in [7, 11) is 3.35. The highest BCUT2D eigenvalue weighted by molar-refractivity contribution is 5.87. The van der Waals surface area contributed by atoms with Crippen LogP contribution in [-0.2, 0) is 6.54 Å². The first-order valence-electron chi connectivity index (χ1n) is 10.1. The zero-order chi connectivity index (χ0) is 20.4. The second-order valence-corrected chi connectivity index (χ2v) is 7.74. The van der Waals surface area contributed by atoms with E-state index in [0.29, 0.717) is 6.54 Å². The van der Waals surface area contributed by atoms with Crippen molar-refractivity contribution in [2.24, 2.45) is 0 Å². The third kappa shape index (κ3) is 4.07. The van der Waals surface area contributed by atoms with E-state index in [4.69, 9.17) is 14.5 Å². The normalized spacial score (nSPS) is 17.4. The number of hydrogen-bond donors (Lipinski definition) is 1. The van der Waals surface area contributed by atoms with Crippen LogP contribution < -0.4 is 9.47 Å². The lowest BCUT2D eigenvalue weighted by Gasteiger charge is -2.30. The minimum Gasteiger partial charge on any atom is -0.497 e. The van der Waals surface area contributed by atoms with Gasteiger partial charge in [0, 0.05) is 24.0 Å². The molecule has 3 aromatic rings. The van der Waals surface area contributed by atoms with Crippen LogP contribution in [0.3, 0.4) is 0 Å². The summed E-state index contributed by atoms with van der Waals surface area (Å²) >= 11 is 0. The molecule has 4 rings (SSSR count). The van der Waals surface area contributed by atoms with E-state index in [-0.39, 0.29) is 6.10 Å². The molecule has 0 amide bonds. The number of nitrogens with zero attached hydrogens (tertiary/aromatic N) is 2. The predicted octanol–water partition coefficient (Wildman–Crippen LogP) is 4.18. The van der Waals surface area contributed by atoms with Gasteiger partial charge >= 0.3 is 0 Å². The maximum absolute atomic E-state index is 10.1. The second kappa shape index (κ2) is 8.39. The summed E-state index contributed by atoms with van der Waals surface area (Å²) in [5, 5.41) is 11.2. The Morgan fingerprint density at radius 2 is 2.00 bits per heavy atom. The Labute approximate surface area is 171 Å². The number of likely N-dealkylation sites (tertiary alicyclic amines) is 1. The number of hydrogen-bond acceptors (Lipinski definition) is 5. The van der Waals surface area contributed by atoms with Crippen LogP contribution in [0.5, 0.6) is 11.5 Å². The van der Waals surface area contributed by atoms with E-state index in [1.54, 1.807) is 14.2 Å². The first-order valence-corrected chi connectivity index (χ1v) is 10.1. The van der Waals surface area contributed by atoms with E-state index in [1.807, 2.05) is 18.2 Å². The SMILES string of the molecule is COc1ccc(OC)c(-c2nc3c(C)cccc3cc2CN2CCCC(O)C2)c1. The van der Waals surface area contributed by atoms with Crippen molar-refractivity contribution < 1.29 is 14.6 Å². The first-order chi connectivity index (χ1) is 14.1. The zero-order valence-electron chi connectivity index (χ0n) is 17.3. The van der Waals surface area contributed by atoms with Crippen LogP contribution in [0.2, 0.25) is 0 Å². The van der Waals surface area contributed by atoms with Gasteiger partial charge in [-0.25, -0.2) is 4.98 Å². The van der Waals surface area contributed by atoms with E-state index in [9.17, 15) is 5.11 Å². The van der Waals surface area contributed by atoms with Gasteiger partial charge < -0.3 is 14.6 Å². The third-order valence-corrected chi connectivity index (χ3v) is 5.66. The Kier molecular flexibility index (Phi) is 5.69. The molecule has 1 aromatic heterocycles. The van der Waals surface area contributed by atoms with Gasteiger partial charge in [0.2, 0.25) is 0 Å². The number of aromatic nitrogens is 1. The van der Waals surface area contributed by atoms with Gasteiger partial charge in [-0.2, -0.15) is 0 Å². The van der Waals surface area contributed by atoms with E-state index in [1.165, 1.54) is 0 Å². The lowest BCUT2D eigenvalue weighted by Crippen LogP contribution is -2.37. The molecule has 1 aliphatic heterocycles. The van der Waals surface area contributed by atoms with Crippen LogP contribution in [-0.4, -0.2) is 48.4 Å². The van der Waals surface area contributed by atoms with Crippen LogP contribution in [0.4, 0.5) is 0 Å². The van der Waals surface area contributed by atoms with Crippen molar-refractivity contribution in [2.75, 3.05) is 27.3 Å². The molecule has 1 atom stereocenters. The third-order valence-electron chi connectivity index (χ3n) is 5.66. The molecule has 0 radical (unpaired) electrons. The standard InChI is InChI=1S/C24H28N2O3/c1-16-6-4-7-17-12-18(14-26-11-5-8-19(27)15-26)24(25-23(16)17)21-13-20(28-2)9-10-22(21)29-3/h4,6-7,9-10,12-13,19,27H,5,8,11,14-15H2,1-3H3. The Morgan fingerprint density at radius 1 is 1.14 bits per heavy atom. The van der Waals surface area contributed by atoms with Crippen molar-refractivity contribution >= 4 is 10.9 Å². The number of benzene rings is 2. The Bertz CT molecular complexity index is 1020. The molecule has 152 valence electrons. The lowest BCUT2D eigenvalue weighted by molar-refractivity contribution is 0.0669. The number of methoxy groups -OCH3 is 2. The van der Waals surface area contributed by atoms with Crippen LogP contribution >= 0.6 is 0 Å². The van der Waals surface area contributed by atoms with Gasteiger partial charge in [0.1, 0.15) is 11.5 Å². The van der Waals surface area contributed by atoms with E-state index in [2.05, 4.69) is 36.1 Å². The molecule has 1 unspecified atom stereocenters. The van der Waals surface area contributed by atoms with Crippen LogP contribution in [0, 0.1) is 6.92 Å². The molecule has 5 nitrogen and oxygen atoms in total. The van der Waals surface area contributed by atoms with Gasteiger partial charge in [0.05, 0.1) is 31.5 Å². The zero-order valence-corrected chi connectivity index (χ0v) is 17.3. The summed E-state index contributed by atoms with van der Waals surface area (Å²) in [6.45, 7) is 4.50. The van der Waals surface area contributed by atoms with E-state index >= 15 is 0 Å². The Balaban J connectivity index is 1.87. The molecule has 2 aromatic carbocycles. The largest absolute Gasteiger partial charge is 0.497 e. The minimum absolute atomic E-state index is 0.255. The molecule has 2 heterocycles. The minimum atomic E-state index is -0.255. The molecule has 5 heteroatoms.